The van der Waals surface area contributed by atoms with Gasteiger partial charge in [-0.15, -0.1) is 0 Å². The number of aromatic carboxylic acids is 1. The van der Waals surface area contributed by atoms with Crippen molar-refractivity contribution >= 4 is 34.9 Å². The second-order valence-electron chi connectivity index (χ2n) is 10.2. The summed E-state index contributed by atoms with van der Waals surface area (Å²) in [7, 11) is 1.35. The van der Waals surface area contributed by atoms with Gasteiger partial charge in [-0.2, -0.15) is 18.2 Å². The molecule has 0 aliphatic rings. The number of nitrogen functional groups attached to an aromatic ring is 1. The summed E-state index contributed by atoms with van der Waals surface area (Å²) < 4.78 is 93.9. The van der Waals surface area contributed by atoms with Crippen LogP contribution in [0.1, 0.15) is 48.7 Å². The zero-order valence-corrected chi connectivity index (χ0v) is 23.4. The molecular weight excluding hydrogens is 586 g/mol. The Balaban J connectivity index is 1.97. The number of carboxylic acids is 1. The molecule has 0 atom stereocenters. The molecule has 1 amide bonds. The number of aromatic nitrogens is 1. The molecule has 43 heavy (non-hydrogen) atoms. The van der Waals surface area contributed by atoms with Crippen LogP contribution >= 0.6 is 0 Å². The van der Waals surface area contributed by atoms with Gasteiger partial charge in [0.1, 0.15) is 11.2 Å². The molecule has 0 fully saturated rings. The van der Waals surface area contributed by atoms with E-state index in [1.54, 1.807) is 20.8 Å². The summed E-state index contributed by atoms with van der Waals surface area (Å²) in [6.07, 6.45) is -6.40. The first-order chi connectivity index (χ1) is 19.9. The number of carbonyl (C=O) groups excluding carboxylic acids is 1. The van der Waals surface area contributed by atoms with Crippen LogP contribution in [0.25, 0.3) is 0 Å². The van der Waals surface area contributed by atoms with Crippen LogP contribution in [0.2, 0.25) is 0 Å². The first-order valence-electron chi connectivity index (χ1n) is 12.6. The van der Waals surface area contributed by atoms with E-state index in [9.17, 15) is 36.6 Å². The minimum Gasteiger partial charge on any atom is -0.481 e. The standard InChI is InChI=1S/C28H28F6N4O5/c1-27(2,3)43-26(41)38(24-17(35)9-12-20(37-24)42-4)13-5-6-14-18(11-8-16(29)22(14)30)36-19-10-7-15(28(32,33)34)23(31)21(19)25(39)40/h7-12,36H,5-6,13,35H2,1-4H3,(H,39,40). The van der Waals surface area contributed by atoms with Crippen LogP contribution in [0.15, 0.2) is 36.4 Å². The van der Waals surface area contributed by atoms with Crippen molar-refractivity contribution in [3.63, 3.8) is 0 Å². The molecule has 0 bridgehead atoms. The zero-order valence-electron chi connectivity index (χ0n) is 23.4. The summed E-state index contributed by atoms with van der Waals surface area (Å²) in [5, 5.41) is 11.8. The number of benzene rings is 2. The predicted octanol–water partition coefficient (Wildman–Crippen LogP) is 6.92. The predicted molar refractivity (Wildman–Crippen MR) is 145 cm³/mol. The molecule has 0 saturated carbocycles. The highest BCUT2D eigenvalue weighted by Gasteiger charge is 2.37. The number of carbonyl (C=O) groups is 2. The van der Waals surface area contributed by atoms with Crippen LogP contribution in [-0.2, 0) is 17.3 Å². The lowest BCUT2D eigenvalue weighted by Crippen LogP contribution is -2.38. The molecule has 3 rings (SSSR count). The third kappa shape index (κ3) is 7.78. The van der Waals surface area contributed by atoms with E-state index in [1.807, 2.05) is 0 Å². The number of rotatable bonds is 9. The van der Waals surface area contributed by atoms with Gasteiger partial charge in [-0.1, -0.05) is 0 Å². The molecule has 0 aliphatic heterocycles. The minimum atomic E-state index is -5.18. The summed E-state index contributed by atoms with van der Waals surface area (Å²) in [5.41, 5.74) is 0.803. The molecule has 2 aromatic carbocycles. The summed E-state index contributed by atoms with van der Waals surface area (Å²) >= 11 is 0. The number of halogens is 6. The summed E-state index contributed by atoms with van der Waals surface area (Å²) in [5.74, 6) is -6.61. The SMILES string of the molecule is COc1ccc(N)c(N(CCCc2c(Nc3ccc(C(F)(F)F)c(F)c3C(=O)O)ccc(F)c2F)C(=O)OC(C)(C)C)n1. The second kappa shape index (κ2) is 12.7. The highest BCUT2D eigenvalue weighted by Crippen LogP contribution is 2.37. The van der Waals surface area contributed by atoms with Gasteiger partial charge in [0.25, 0.3) is 0 Å². The Kier molecular flexibility index (Phi) is 9.67. The van der Waals surface area contributed by atoms with Gasteiger partial charge in [-0.25, -0.2) is 22.8 Å². The number of methoxy groups -OCH3 is 1. The van der Waals surface area contributed by atoms with Crippen LogP contribution < -0.4 is 20.7 Å². The van der Waals surface area contributed by atoms with Gasteiger partial charge in [-0.05, 0) is 63.9 Å². The molecule has 1 heterocycles. The lowest BCUT2D eigenvalue weighted by atomic mass is 10.0. The fourth-order valence-corrected chi connectivity index (χ4v) is 3.99. The molecular formula is C28H28F6N4O5. The fraction of sp³-hybridized carbons (Fsp3) is 0.321. The lowest BCUT2D eigenvalue weighted by molar-refractivity contribution is -0.140. The maximum absolute atomic E-state index is 15.0. The van der Waals surface area contributed by atoms with E-state index in [1.165, 1.54) is 19.2 Å². The van der Waals surface area contributed by atoms with Gasteiger partial charge in [0.05, 0.1) is 24.0 Å². The van der Waals surface area contributed by atoms with Gasteiger partial charge in [0, 0.05) is 23.9 Å². The van der Waals surface area contributed by atoms with Crippen molar-refractivity contribution in [3.8, 4) is 5.88 Å². The highest BCUT2D eigenvalue weighted by molar-refractivity contribution is 5.96. The van der Waals surface area contributed by atoms with Gasteiger partial charge in [0.2, 0.25) is 5.88 Å². The van der Waals surface area contributed by atoms with E-state index in [0.29, 0.717) is 18.2 Å². The van der Waals surface area contributed by atoms with Crippen molar-refractivity contribution in [2.75, 3.05) is 29.6 Å². The number of hydrogen-bond donors (Lipinski definition) is 3. The van der Waals surface area contributed by atoms with Crippen molar-refractivity contribution in [2.45, 2.75) is 45.4 Å². The zero-order chi connectivity index (χ0) is 32.3. The monoisotopic (exact) mass is 614 g/mol. The van der Waals surface area contributed by atoms with Gasteiger partial charge in [-0.3, -0.25) is 4.90 Å². The molecule has 0 spiro atoms. The molecule has 15 heteroatoms. The number of nitrogens with zero attached hydrogens (tertiary/aromatic N) is 2. The number of anilines is 4. The van der Waals surface area contributed by atoms with Gasteiger partial charge < -0.3 is 25.6 Å². The van der Waals surface area contributed by atoms with E-state index in [2.05, 4.69) is 10.3 Å². The quantitative estimate of drug-likeness (QED) is 0.222. The lowest BCUT2D eigenvalue weighted by Gasteiger charge is -2.27. The third-order valence-corrected chi connectivity index (χ3v) is 5.89. The minimum absolute atomic E-state index is 0.0296. The van der Waals surface area contributed by atoms with E-state index in [-0.39, 0.29) is 48.0 Å². The van der Waals surface area contributed by atoms with Gasteiger partial charge in [0.15, 0.2) is 23.3 Å². The van der Waals surface area contributed by atoms with E-state index in [4.69, 9.17) is 15.2 Å². The Morgan fingerprint density at radius 1 is 1.00 bits per heavy atom. The summed E-state index contributed by atoms with van der Waals surface area (Å²) in [4.78, 5) is 30.0. The number of ether oxygens (including phenoxy) is 2. The first kappa shape index (κ1) is 32.8. The second-order valence-corrected chi connectivity index (χ2v) is 10.2. The van der Waals surface area contributed by atoms with E-state index < -0.39 is 58.1 Å². The smallest absolute Gasteiger partial charge is 0.419 e. The molecule has 3 aromatic rings. The Morgan fingerprint density at radius 3 is 2.23 bits per heavy atom. The Hall–Kier alpha value is -4.69. The summed E-state index contributed by atoms with van der Waals surface area (Å²) in [6, 6.07) is 5.62. The van der Waals surface area contributed by atoms with Crippen molar-refractivity contribution in [2.24, 2.45) is 0 Å². The van der Waals surface area contributed by atoms with Crippen molar-refractivity contribution in [1.82, 2.24) is 4.98 Å². The average molecular weight is 615 g/mol. The highest BCUT2D eigenvalue weighted by atomic mass is 19.4. The molecule has 1 aromatic heterocycles. The van der Waals surface area contributed by atoms with E-state index >= 15 is 4.39 Å². The van der Waals surface area contributed by atoms with Crippen molar-refractivity contribution in [1.29, 1.82) is 0 Å². The molecule has 0 saturated heterocycles. The number of hydrogen-bond acceptors (Lipinski definition) is 7. The number of carboxylic acid groups (broad SMARTS) is 1. The topological polar surface area (TPSA) is 127 Å². The number of nitrogens with one attached hydrogen (secondary N) is 1. The first-order valence-corrected chi connectivity index (χ1v) is 12.6. The van der Waals surface area contributed by atoms with Crippen molar-refractivity contribution in [3.05, 3.63) is 70.5 Å². The largest absolute Gasteiger partial charge is 0.481 e. The van der Waals surface area contributed by atoms with Crippen LogP contribution in [0, 0.1) is 17.5 Å². The van der Waals surface area contributed by atoms with Crippen LogP contribution in [0.4, 0.5) is 54.0 Å². The van der Waals surface area contributed by atoms with Crippen molar-refractivity contribution < 1.29 is 50.5 Å². The normalized spacial score (nSPS) is 11.7. The van der Waals surface area contributed by atoms with E-state index in [0.717, 1.165) is 11.0 Å². The average Bonchev–Trinajstić information content (AvgIpc) is 2.88. The third-order valence-electron chi connectivity index (χ3n) is 5.89. The number of pyridine rings is 1. The maximum atomic E-state index is 15.0. The molecule has 9 nitrogen and oxygen atoms in total. The molecule has 4 N–H and O–H groups in total. The Morgan fingerprint density at radius 2 is 1.65 bits per heavy atom. The van der Waals surface area contributed by atoms with Crippen LogP contribution in [-0.4, -0.2) is 41.4 Å². The Bertz CT molecular complexity index is 1520. The maximum Gasteiger partial charge on any atom is 0.419 e. The van der Waals surface area contributed by atoms with Gasteiger partial charge >= 0.3 is 18.2 Å². The molecule has 232 valence electrons. The number of nitrogens with two attached hydrogens (primary N) is 1. The van der Waals surface area contributed by atoms with Crippen LogP contribution in [0.5, 0.6) is 5.88 Å². The molecule has 0 aliphatic carbocycles. The fourth-order valence-electron chi connectivity index (χ4n) is 3.99. The van der Waals surface area contributed by atoms with Crippen LogP contribution in [0.3, 0.4) is 0 Å². The molecule has 0 radical (unpaired) electrons. The summed E-state index contributed by atoms with van der Waals surface area (Å²) in [6.45, 7) is 4.69. The molecule has 0 unspecified atom stereocenters. The number of amides is 1. The Labute approximate surface area is 242 Å². The number of alkyl halides is 3.